The van der Waals surface area contributed by atoms with Gasteiger partial charge in [-0.3, -0.25) is 0 Å². The number of allylic oxidation sites excluding steroid dienone is 8. The van der Waals surface area contributed by atoms with E-state index in [1.807, 2.05) is 0 Å². The molecule has 0 radical (unpaired) electrons. The minimum atomic E-state index is -1.50. The first-order valence-corrected chi connectivity index (χ1v) is 10.4. The second-order valence-electron chi connectivity index (χ2n) is 5.44. The van der Waals surface area contributed by atoms with Crippen molar-refractivity contribution < 1.29 is 0 Å². The van der Waals surface area contributed by atoms with Gasteiger partial charge in [0.1, 0.15) is 12.6 Å². The van der Waals surface area contributed by atoms with Crippen LogP contribution >= 0.6 is 7.26 Å². The van der Waals surface area contributed by atoms with E-state index < -0.39 is 7.26 Å². The van der Waals surface area contributed by atoms with Crippen LogP contribution in [-0.2, 0) is 0 Å². The average molecular weight is 313 g/mol. The summed E-state index contributed by atoms with van der Waals surface area (Å²) < 4.78 is 0. The zero-order chi connectivity index (χ0) is 16.4. The molecular weight excluding hydrogens is 283 g/mol. The van der Waals surface area contributed by atoms with Gasteiger partial charge in [0, 0.05) is 6.42 Å². The third-order valence-corrected chi connectivity index (χ3v) is 8.53. The minimum Gasteiger partial charge on any atom is -0.0917 e. The fourth-order valence-corrected chi connectivity index (χ4v) is 6.69. The van der Waals surface area contributed by atoms with Crippen molar-refractivity contribution in [3.05, 3.63) is 77.4 Å². The molecule has 1 heteroatoms. The molecule has 0 aliphatic heterocycles. The maximum absolute atomic E-state index is 2.46. The molecule has 0 nitrogen and oxygen atoms in total. The molecule has 0 fully saturated rings. The summed E-state index contributed by atoms with van der Waals surface area (Å²) >= 11 is 0. The largest absolute Gasteiger partial charge is 0.104 e. The third kappa shape index (κ3) is 4.31. The topological polar surface area (TPSA) is 0 Å². The lowest BCUT2D eigenvalue weighted by atomic mass is 10.2. The van der Waals surface area contributed by atoms with E-state index in [1.165, 1.54) is 10.6 Å². The average Bonchev–Trinajstić information content (AvgIpc) is 2.56. The Morgan fingerprint density at radius 1 is 0.955 bits per heavy atom. The third-order valence-electron chi connectivity index (χ3n) is 4.13. The van der Waals surface area contributed by atoms with Gasteiger partial charge in [0.2, 0.25) is 0 Å². The second-order valence-corrected chi connectivity index (χ2v) is 9.06. The van der Waals surface area contributed by atoms with E-state index in [2.05, 4.69) is 101 Å². The second kappa shape index (κ2) is 9.59. The van der Waals surface area contributed by atoms with Crippen LogP contribution in [0.25, 0.3) is 0 Å². The highest BCUT2D eigenvalue weighted by atomic mass is 31.2. The zero-order valence-corrected chi connectivity index (χ0v) is 15.6. The van der Waals surface area contributed by atoms with E-state index in [0.29, 0.717) is 0 Å². The van der Waals surface area contributed by atoms with Crippen LogP contribution in [0.5, 0.6) is 0 Å². The first-order chi connectivity index (χ1) is 10.6. The van der Waals surface area contributed by atoms with Crippen molar-refractivity contribution in [2.75, 3.05) is 6.66 Å². The van der Waals surface area contributed by atoms with Crippen molar-refractivity contribution in [3.63, 3.8) is 0 Å². The van der Waals surface area contributed by atoms with Crippen LogP contribution in [0.2, 0.25) is 0 Å². The SMILES string of the molecule is C/C=C\CC/C(=C\C)[P+](C)(C(/C=C\C)=C/C)c1ccccc1. The van der Waals surface area contributed by atoms with Crippen LogP contribution in [0.3, 0.4) is 0 Å². The van der Waals surface area contributed by atoms with Gasteiger partial charge in [0.05, 0.1) is 17.3 Å². The molecule has 0 amide bonds. The lowest BCUT2D eigenvalue weighted by Crippen LogP contribution is -2.13. The molecular formula is C21H30P+. The lowest BCUT2D eigenvalue weighted by molar-refractivity contribution is 1.03. The molecule has 0 N–H and O–H groups in total. The molecule has 0 bridgehead atoms. The number of hydrogen-bond donors (Lipinski definition) is 0. The van der Waals surface area contributed by atoms with Crippen molar-refractivity contribution in [1.82, 2.24) is 0 Å². The van der Waals surface area contributed by atoms with Gasteiger partial charge in [-0.05, 0) is 64.5 Å². The van der Waals surface area contributed by atoms with Crippen LogP contribution in [0, 0.1) is 0 Å². The summed E-state index contributed by atoms with van der Waals surface area (Å²) in [6.07, 6.45) is 15.8. The highest BCUT2D eigenvalue weighted by Gasteiger charge is 2.41. The maximum atomic E-state index is 2.46. The van der Waals surface area contributed by atoms with E-state index >= 15 is 0 Å². The smallest absolute Gasteiger partial charge is 0.0917 e. The zero-order valence-electron chi connectivity index (χ0n) is 14.7. The highest BCUT2D eigenvalue weighted by Crippen LogP contribution is 2.69. The van der Waals surface area contributed by atoms with Gasteiger partial charge in [-0.25, -0.2) is 0 Å². The quantitative estimate of drug-likeness (QED) is 0.298. The summed E-state index contributed by atoms with van der Waals surface area (Å²) in [6, 6.07) is 11.0. The number of benzene rings is 1. The lowest BCUT2D eigenvalue weighted by Gasteiger charge is -2.26. The van der Waals surface area contributed by atoms with Gasteiger partial charge in [0.15, 0.2) is 0 Å². The summed E-state index contributed by atoms with van der Waals surface area (Å²) in [5.74, 6) is 0. The maximum Gasteiger partial charge on any atom is 0.104 e. The molecule has 0 aromatic heterocycles. The van der Waals surface area contributed by atoms with Crippen LogP contribution in [0.1, 0.15) is 40.5 Å². The fraction of sp³-hybridized carbons (Fsp3) is 0.333. The first-order valence-electron chi connectivity index (χ1n) is 8.13. The predicted octanol–water partition coefficient (Wildman–Crippen LogP) is 6.70. The summed E-state index contributed by atoms with van der Waals surface area (Å²) in [5, 5.41) is 4.52. The molecule has 1 aromatic rings. The summed E-state index contributed by atoms with van der Waals surface area (Å²) in [6.45, 7) is 11.0. The molecule has 1 atom stereocenters. The molecule has 1 rings (SSSR count). The van der Waals surface area contributed by atoms with Crippen molar-refractivity contribution in [2.24, 2.45) is 0 Å². The molecule has 0 saturated heterocycles. The van der Waals surface area contributed by atoms with Gasteiger partial charge in [-0.15, -0.1) is 0 Å². The molecule has 0 spiro atoms. The Bertz CT molecular complexity index is 561. The summed E-state index contributed by atoms with van der Waals surface area (Å²) in [4.78, 5) is 0. The Labute approximate surface area is 137 Å². The standard InChI is InChI=1S/C21H30P/c1-6-10-12-16-20(9-4)22(5,19(8-3)15-7-2)21-17-13-11-14-18-21/h6-11,13-15,17-18H,12,16H2,1-5H3/q+1/b10-6-,15-7-,19-8+,20-9+. The van der Waals surface area contributed by atoms with E-state index in [0.717, 1.165) is 12.8 Å². The Hall–Kier alpha value is -1.39. The summed E-state index contributed by atoms with van der Waals surface area (Å²) in [5.41, 5.74) is 0. The molecule has 0 aliphatic carbocycles. The minimum absolute atomic E-state index is 1.12. The van der Waals surface area contributed by atoms with Gasteiger partial charge in [0.25, 0.3) is 0 Å². The number of rotatable bonds is 7. The molecule has 118 valence electrons. The van der Waals surface area contributed by atoms with Crippen LogP contribution in [0.4, 0.5) is 0 Å². The van der Waals surface area contributed by atoms with Crippen molar-refractivity contribution >= 4 is 12.6 Å². The van der Waals surface area contributed by atoms with Gasteiger partial charge in [-0.1, -0.05) is 36.4 Å². The van der Waals surface area contributed by atoms with Crippen LogP contribution in [0.15, 0.2) is 77.4 Å². The Morgan fingerprint density at radius 3 is 2.14 bits per heavy atom. The molecule has 22 heavy (non-hydrogen) atoms. The Morgan fingerprint density at radius 2 is 1.64 bits per heavy atom. The molecule has 0 saturated carbocycles. The van der Waals surface area contributed by atoms with E-state index in [1.54, 1.807) is 5.31 Å². The van der Waals surface area contributed by atoms with Crippen LogP contribution < -0.4 is 5.30 Å². The van der Waals surface area contributed by atoms with E-state index in [4.69, 9.17) is 0 Å². The van der Waals surface area contributed by atoms with E-state index in [9.17, 15) is 0 Å². The van der Waals surface area contributed by atoms with Crippen molar-refractivity contribution in [3.8, 4) is 0 Å². The molecule has 1 aromatic carbocycles. The predicted molar refractivity (Wildman–Crippen MR) is 105 cm³/mol. The normalized spacial score (nSPS) is 16.4. The Kier molecular flexibility index (Phi) is 8.13. The molecule has 0 aliphatic rings. The van der Waals surface area contributed by atoms with Crippen molar-refractivity contribution in [2.45, 2.75) is 40.5 Å². The van der Waals surface area contributed by atoms with Gasteiger partial charge >= 0.3 is 0 Å². The monoisotopic (exact) mass is 313 g/mol. The number of hydrogen-bond acceptors (Lipinski definition) is 0. The first kappa shape index (κ1) is 18.7. The molecule has 1 unspecified atom stereocenters. The van der Waals surface area contributed by atoms with Crippen LogP contribution in [-0.4, -0.2) is 6.66 Å². The summed E-state index contributed by atoms with van der Waals surface area (Å²) in [7, 11) is -1.50. The molecule has 0 heterocycles. The highest BCUT2D eigenvalue weighted by molar-refractivity contribution is 7.89. The van der Waals surface area contributed by atoms with E-state index in [-0.39, 0.29) is 0 Å². The van der Waals surface area contributed by atoms with Gasteiger partial charge in [-0.2, -0.15) is 0 Å². The van der Waals surface area contributed by atoms with Gasteiger partial charge < -0.3 is 0 Å². The van der Waals surface area contributed by atoms with Crippen molar-refractivity contribution in [1.29, 1.82) is 0 Å². The Balaban J connectivity index is 3.39. The fourth-order valence-electron chi connectivity index (χ4n) is 2.91.